The molecule has 0 amide bonds. The lowest BCUT2D eigenvalue weighted by molar-refractivity contribution is 1.23. The highest BCUT2D eigenvalue weighted by molar-refractivity contribution is 5.56. The molecule has 1 aromatic rings. The van der Waals surface area contributed by atoms with E-state index in [9.17, 15) is 0 Å². The maximum atomic E-state index is 2.24. The van der Waals surface area contributed by atoms with Gasteiger partial charge in [-0.25, -0.2) is 0 Å². The average molecular weight is 174 g/mol. The van der Waals surface area contributed by atoms with Crippen molar-refractivity contribution in [1.29, 1.82) is 0 Å². The molecule has 70 valence electrons. The minimum Gasteiger partial charge on any atom is -0.0842 e. The number of aryl methyl sites for hydroxylation is 2. The van der Waals surface area contributed by atoms with Gasteiger partial charge in [0, 0.05) is 0 Å². The highest BCUT2D eigenvalue weighted by Gasteiger charge is 1.98. The van der Waals surface area contributed by atoms with Gasteiger partial charge in [0.15, 0.2) is 0 Å². The van der Waals surface area contributed by atoms with Gasteiger partial charge in [-0.2, -0.15) is 0 Å². The maximum absolute atomic E-state index is 2.24. The lowest BCUT2D eigenvalue weighted by atomic mass is 10.00. The van der Waals surface area contributed by atoms with Gasteiger partial charge in [0.05, 0.1) is 0 Å². The largest absolute Gasteiger partial charge is 0.0842 e. The number of rotatable bonds is 2. The van der Waals surface area contributed by atoms with E-state index in [1.54, 1.807) is 0 Å². The van der Waals surface area contributed by atoms with Gasteiger partial charge in [0.25, 0.3) is 0 Å². The third-order valence-electron chi connectivity index (χ3n) is 2.38. The molecule has 0 spiro atoms. The van der Waals surface area contributed by atoms with Crippen LogP contribution >= 0.6 is 0 Å². The summed E-state index contributed by atoms with van der Waals surface area (Å²) in [6.07, 6.45) is 5.53. The van der Waals surface area contributed by atoms with E-state index in [2.05, 4.69) is 52.0 Å². The Hall–Kier alpha value is -1.04. The van der Waals surface area contributed by atoms with Gasteiger partial charge in [-0.3, -0.25) is 0 Å². The summed E-state index contributed by atoms with van der Waals surface area (Å²) in [4.78, 5) is 0. The van der Waals surface area contributed by atoms with E-state index in [1.165, 1.54) is 22.3 Å². The zero-order valence-corrected chi connectivity index (χ0v) is 9.02. The van der Waals surface area contributed by atoms with Crippen LogP contribution in [-0.4, -0.2) is 0 Å². The molecular weight excluding hydrogens is 156 g/mol. The number of hydrogen-bond donors (Lipinski definition) is 0. The molecule has 0 aromatic heterocycles. The lowest BCUT2D eigenvalue weighted by Crippen LogP contribution is -1.87. The van der Waals surface area contributed by atoms with Crippen LogP contribution < -0.4 is 0 Å². The summed E-state index contributed by atoms with van der Waals surface area (Å²) >= 11 is 0. The fraction of sp³-hybridized carbons (Fsp3) is 0.385. The zero-order valence-electron chi connectivity index (χ0n) is 9.02. The van der Waals surface area contributed by atoms with Crippen LogP contribution in [0.5, 0.6) is 0 Å². The summed E-state index contributed by atoms with van der Waals surface area (Å²) in [5.41, 5.74) is 5.49. The van der Waals surface area contributed by atoms with Crippen molar-refractivity contribution in [1.82, 2.24) is 0 Å². The van der Waals surface area contributed by atoms with Crippen LogP contribution in [0.4, 0.5) is 0 Å². The lowest BCUT2D eigenvalue weighted by Gasteiger charge is -2.06. The van der Waals surface area contributed by atoms with E-state index in [-0.39, 0.29) is 0 Å². The Morgan fingerprint density at radius 1 is 1.15 bits per heavy atom. The molecule has 0 aliphatic rings. The van der Waals surface area contributed by atoms with E-state index >= 15 is 0 Å². The van der Waals surface area contributed by atoms with Gasteiger partial charge in [0.2, 0.25) is 0 Å². The van der Waals surface area contributed by atoms with Crippen molar-refractivity contribution in [2.75, 3.05) is 0 Å². The van der Waals surface area contributed by atoms with Gasteiger partial charge >= 0.3 is 0 Å². The van der Waals surface area contributed by atoms with Crippen LogP contribution in [0.25, 0.3) is 6.08 Å². The minimum atomic E-state index is 1.10. The SMILES string of the molecule is CC/C=C\c1cc(C)cc(C)c1C. The van der Waals surface area contributed by atoms with Crippen molar-refractivity contribution in [3.8, 4) is 0 Å². The first-order chi connectivity index (χ1) is 6.15. The van der Waals surface area contributed by atoms with Gasteiger partial charge in [-0.1, -0.05) is 36.8 Å². The van der Waals surface area contributed by atoms with Crippen molar-refractivity contribution >= 4 is 6.08 Å². The molecule has 0 heterocycles. The average Bonchev–Trinajstić information content (AvgIpc) is 2.09. The summed E-state index contributed by atoms with van der Waals surface area (Å²) in [5.74, 6) is 0. The number of allylic oxidation sites excluding steroid dienone is 1. The molecule has 1 rings (SSSR count). The van der Waals surface area contributed by atoms with Crippen molar-refractivity contribution in [2.24, 2.45) is 0 Å². The van der Waals surface area contributed by atoms with Crippen molar-refractivity contribution in [3.63, 3.8) is 0 Å². The van der Waals surface area contributed by atoms with E-state index in [0.29, 0.717) is 0 Å². The fourth-order valence-corrected chi connectivity index (χ4v) is 1.49. The topological polar surface area (TPSA) is 0 Å². The standard InChI is InChI=1S/C13H18/c1-5-6-7-13-9-10(2)8-11(3)12(13)4/h6-9H,5H2,1-4H3/b7-6-. The van der Waals surface area contributed by atoms with Crippen molar-refractivity contribution < 1.29 is 0 Å². The van der Waals surface area contributed by atoms with Crippen LogP contribution in [0, 0.1) is 20.8 Å². The second kappa shape index (κ2) is 4.27. The molecule has 0 aliphatic carbocycles. The van der Waals surface area contributed by atoms with Gasteiger partial charge in [-0.05, 0) is 43.9 Å². The Morgan fingerprint density at radius 3 is 2.46 bits per heavy atom. The second-order valence-corrected chi connectivity index (χ2v) is 3.61. The monoisotopic (exact) mass is 174 g/mol. The molecule has 0 bridgehead atoms. The molecule has 0 saturated heterocycles. The third-order valence-corrected chi connectivity index (χ3v) is 2.38. The normalized spacial score (nSPS) is 11.1. The molecule has 13 heavy (non-hydrogen) atoms. The molecular formula is C13H18. The molecule has 0 fully saturated rings. The first-order valence-electron chi connectivity index (χ1n) is 4.89. The zero-order chi connectivity index (χ0) is 9.84. The first-order valence-corrected chi connectivity index (χ1v) is 4.89. The molecule has 0 nitrogen and oxygen atoms in total. The Labute approximate surface area is 81.3 Å². The van der Waals surface area contributed by atoms with Gasteiger partial charge in [-0.15, -0.1) is 0 Å². The summed E-state index contributed by atoms with van der Waals surface area (Å²) < 4.78 is 0. The molecule has 0 atom stereocenters. The summed E-state index contributed by atoms with van der Waals surface area (Å²) in [5, 5.41) is 0. The van der Waals surface area contributed by atoms with E-state index in [4.69, 9.17) is 0 Å². The Balaban J connectivity index is 3.12. The second-order valence-electron chi connectivity index (χ2n) is 3.61. The highest BCUT2D eigenvalue weighted by Crippen LogP contribution is 2.17. The summed E-state index contributed by atoms with van der Waals surface area (Å²) in [7, 11) is 0. The molecule has 0 unspecified atom stereocenters. The summed E-state index contributed by atoms with van der Waals surface area (Å²) in [6.45, 7) is 8.67. The number of benzene rings is 1. The molecule has 0 aliphatic heterocycles. The Bertz CT molecular complexity index is 319. The Morgan fingerprint density at radius 2 is 1.85 bits per heavy atom. The molecule has 0 saturated carbocycles. The van der Waals surface area contributed by atoms with Crippen LogP contribution in [0.2, 0.25) is 0 Å². The van der Waals surface area contributed by atoms with Crippen LogP contribution in [0.15, 0.2) is 18.2 Å². The Kier molecular flexibility index (Phi) is 3.30. The molecule has 0 radical (unpaired) electrons. The van der Waals surface area contributed by atoms with E-state index in [0.717, 1.165) is 6.42 Å². The van der Waals surface area contributed by atoms with Crippen LogP contribution in [0.1, 0.15) is 35.6 Å². The van der Waals surface area contributed by atoms with E-state index < -0.39 is 0 Å². The predicted octanol–water partition coefficient (Wildman–Crippen LogP) is 4.04. The highest BCUT2D eigenvalue weighted by atomic mass is 14.0. The van der Waals surface area contributed by atoms with Crippen molar-refractivity contribution in [3.05, 3.63) is 40.5 Å². The summed E-state index contributed by atoms with van der Waals surface area (Å²) in [6, 6.07) is 4.48. The van der Waals surface area contributed by atoms with Crippen molar-refractivity contribution in [2.45, 2.75) is 34.1 Å². The first kappa shape index (κ1) is 10.0. The smallest absolute Gasteiger partial charge is 0.0225 e. The fourth-order valence-electron chi connectivity index (χ4n) is 1.49. The minimum absolute atomic E-state index is 1.10. The third kappa shape index (κ3) is 2.45. The van der Waals surface area contributed by atoms with Gasteiger partial charge < -0.3 is 0 Å². The van der Waals surface area contributed by atoms with Crippen LogP contribution in [0.3, 0.4) is 0 Å². The number of hydrogen-bond acceptors (Lipinski definition) is 0. The quantitative estimate of drug-likeness (QED) is 0.635. The predicted molar refractivity (Wildman–Crippen MR) is 60.0 cm³/mol. The van der Waals surface area contributed by atoms with Crippen LogP contribution in [-0.2, 0) is 0 Å². The molecule has 0 heteroatoms. The van der Waals surface area contributed by atoms with Gasteiger partial charge in [0.1, 0.15) is 0 Å². The maximum Gasteiger partial charge on any atom is -0.0225 e. The molecule has 1 aromatic carbocycles. The molecule has 0 N–H and O–H groups in total. The van der Waals surface area contributed by atoms with E-state index in [1.807, 2.05) is 0 Å².